The zero-order chi connectivity index (χ0) is 16.9. The molecule has 0 aliphatic carbocycles. The van der Waals surface area contributed by atoms with Crippen LogP contribution < -0.4 is 15.6 Å². The smallest absolute Gasteiger partial charge is 0.279 e. The lowest BCUT2D eigenvalue weighted by Crippen LogP contribution is -2.43. The highest BCUT2D eigenvalue weighted by Gasteiger charge is 2.13. The fraction of sp³-hybridized carbons (Fsp3) is 0.294. The van der Waals surface area contributed by atoms with Gasteiger partial charge in [-0.3, -0.25) is 20.4 Å². The average Bonchev–Trinajstić information content (AvgIpc) is 3.04. The van der Waals surface area contributed by atoms with Crippen LogP contribution in [0.2, 0.25) is 0 Å². The molecular formula is C17H20N2O3S. The van der Waals surface area contributed by atoms with E-state index < -0.39 is 5.91 Å². The Labute approximate surface area is 139 Å². The number of ether oxygens (including phenoxy) is 1. The normalized spacial score (nSPS) is 10.9. The zero-order valence-electron chi connectivity index (χ0n) is 13.4. The van der Waals surface area contributed by atoms with E-state index in [-0.39, 0.29) is 17.9 Å². The quantitative estimate of drug-likeness (QED) is 0.846. The predicted octanol–water partition coefficient (Wildman–Crippen LogP) is 2.89. The molecule has 1 aromatic carbocycles. The van der Waals surface area contributed by atoms with Gasteiger partial charge in [0.1, 0.15) is 5.75 Å². The van der Waals surface area contributed by atoms with E-state index in [0.29, 0.717) is 10.6 Å². The summed E-state index contributed by atoms with van der Waals surface area (Å²) < 4.78 is 5.40. The molecule has 0 aliphatic heterocycles. The molecule has 2 rings (SSSR count). The predicted molar refractivity (Wildman–Crippen MR) is 90.6 cm³/mol. The Morgan fingerprint density at radius 3 is 2.35 bits per heavy atom. The van der Waals surface area contributed by atoms with E-state index in [2.05, 4.69) is 31.6 Å². The van der Waals surface area contributed by atoms with Crippen molar-refractivity contribution in [3.05, 3.63) is 52.2 Å². The molecule has 0 saturated heterocycles. The van der Waals surface area contributed by atoms with Crippen LogP contribution in [-0.2, 0) is 10.2 Å². The van der Waals surface area contributed by atoms with Gasteiger partial charge >= 0.3 is 0 Å². The van der Waals surface area contributed by atoms with Gasteiger partial charge < -0.3 is 4.74 Å². The van der Waals surface area contributed by atoms with Crippen molar-refractivity contribution < 1.29 is 14.3 Å². The summed E-state index contributed by atoms with van der Waals surface area (Å²) in [6.45, 7) is 6.23. The topological polar surface area (TPSA) is 67.4 Å². The van der Waals surface area contributed by atoms with Gasteiger partial charge in [0.15, 0.2) is 6.61 Å². The molecule has 2 amide bonds. The summed E-state index contributed by atoms with van der Waals surface area (Å²) in [6.07, 6.45) is 0. The van der Waals surface area contributed by atoms with Crippen LogP contribution in [0.4, 0.5) is 0 Å². The number of rotatable bonds is 4. The van der Waals surface area contributed by atoms with Crippen LogP contribution in [0.5, 0.6) is 5.75 Å². The van der Waals surface area contributed by atoms with Crippen LogP contribution in [0.3, 0.4) is 0 Å². The Bertz CT molecular complexity index is 658. The van der Waals surface area contributed by atoms with E-state index in [1.807, 2.05) is 24.3 Å². The first-order chi connectivity index (χ1) is 10.9. The van der Waals surface area contributed by atoms with Crippen molar-refractivity contribution in [1.29, 1.82) is 0 Å². The molecule has 0 saturated carbocycles. The summed E-state index contributed by atoms with van der Waals surface area (Å²) in [5.74, 6) is -0.157. The second kappa shape index (κ2) is 7.28. The molecule has 0 fully saturated rings. The minimum absolute atomic E-state index is 0.0714. The van der Waals surface area contributed by atoms with Gasteiger partial charge in [0.25, 0.3) is 11.8 Å². The molecule has 1 aromatic heterocycles. The van der Waals surface area contributed by atoms with Gasteiger partial charge in [-0.1, -0.05) is 39.0 Å². The third-order valence-corrected chi connectivity index (χ3v) is 4.02. The maximum Gasteiger partial charge on any atom is 0.279 e. The zero-order valence-corrected chi connectivity index (χ0v) is 14.2. The van der Waals surface area contributed by atoms with Gasteiger partial charge in [-0.25, -0.2) is 0 Å². The molecule has 0 aliphatic rings. The lowest BCUT2D eigenvalue weighted by Gasteiger charge is -2.19. The number of benzene rings is 1. The highest BCUT2D eigenvalue weighted by molar-refractivity contribution is 7.12. The van der Waals surface area contributed by atoms with Crippen LogP contribution in [0.15, 0.2) is 41.8 Å². The summed E-state index contributed by atoms with van der Waals surface area (Å²) in [5.41, 5.74) is 5.93. The van der Waals surface area contributed by atoms with Crippen molar-refractivity contribution in [1.82, 2.24) is 10.9 Å². The number of hydrazine groups is 1. The van der Waals surface area contributed by atoms with E-state index >= 15 is 0 Å². The molecule has 0 radical (unpaired) electrons. The van der Waals surface area contributed by atoms with Gasteiger partial charge in [0.05, 0.1) is 4.88 Å². The fourth-order valence-corrected chi connectivity index (χ4v) is 2.45. The van der Waals surface area contributed by atoms with Crippen molar-refractivity contribution in [2.75, 3.05) is 6.61 Å². The van der Waals surface area contributed by atoms with Crippen LogP contribution in [0.25, 0.3) is 0 Å². The number of hydrogen-bond acceptors (Lipinski definition) is 4. The minimum Gasteiger partial charge on any atom is -0.484 e. The second-order valence-electron chi connectivity index (χ2n) is 6.04. The highest BCUT2D eigenvalue weighted by atomic mass is 32.1. The maximum absolute atomic E-state index is 11.7. The SMILES string of the molecule is CC(C)(C)c1ccc(OCC(=O)NNC(=O)c2cccs2)cc1. The lowest BCUT2D eigenvalue weighted by molar-refractivity contribution is -0.123. The molecule has 0 unspecified atom stereocenters. The molecule has 6 heteroatoms. The molecule has 0 spiro atoms. The van der Waals surface area contributed by atoms with Crippen LogP contribution in [0, 0.1) is 0 Å². The molecule has 1 heterocycles. The van der Waals surface area contributed by atoms with E-state index in [1.54, 1.807) is 17.5 Å². The lowest BCUT2D eigenvalue weighted by atomic mass is 9.87. The summed E-state index contributed by atoms with van der Waals surface area (Å²) in [7, 11) is 0. The largest absolute Gasteiger partial charge is 0.484 e. The van der Waals surface area contributed by atoms with Gasteiger partial charge in [0.2, 0.25) is 0 Å². The fourth-order valence-electron chi connectivity index (χ4n) is 1.83. The molecule has 122 valence electrons. The number of hydrogen-bond donors (Lipinski definition) is 2. The molecule has 5 nitrogen and oxygen atoms in total. The van der Waals surface area contributed by atoms with Gasteiger partial charge in [-0.15, -0.1) is 11.3 Å². The van der Waals surface area contributed by atoms with Crippen molar-refractivity contribution in [2.45, 2.75) is 26.2 Å². The summed E-state index contributed by atoms with van der Waals surface area (Å²) >= 11 is 1.30. The standard InChI is InChI=1S/C17H20N2O3S/c1-17(2,3)12-6-8-13(9-7-12)22-11-15(20)18-19-16(21)14-5-4-10-23-14/h4-10H,11H2,1-3H3,(H,18,20)(H,19,21). The molecular weight excluding hydrogens is 312 g/mol. The average molecular weight is 332 g/mol. The third-order valence-electron chi connectivity index (χ3n) is 3.15. The van der Waals surface area contributed by atoms with Crippen molar-refractivity contribution in [3.63, 3.8) is 0 Å². The van der Waals surface area contributed by atoms with E-state index in [0.717, 1.165) is 0 Å². The first-order valence-corrected chi connectivity index (χ1v) is 8.10. The van der Waals surface area contributed by atoms with Crippen LogP contribution in [-0.4, -0.2) is 18.4 Å². The van der Waals surface area contributed by atoms with Crippen molar-refractivity contribution in [2.24, 2.45) is 0 Å². The summed E-state index contributed by atoms with van der Waals surface area (Å²) in [5, 5.41) is 1.79. The van der Waals surface area contributed by atoms with Crippen LogP contribution in [0.1, 0.15) is 36.0 Å². The Morgan fingerprint density at radius 1 is 1.09 bits per heavy atom. The maximum atomic E-state index is 11.7. The van der Waals surface area contributed by atoms with E-state index in [9.17, 15) is 9.59 Å². The number of thiophene rings is 1. The van der Waals surface area contributed by atoms with Crippen molar-refractivity contribution in [3.8, 4) is 5.75 Å². The van der Waals surface area contributed by atoms with E-state index in [1.165, 1.54) is 16.9 Å². The monoisotopic (exact) mass is 332 g/mol. The molecule has 2 aromatic rings. The molecule has 23 heavy (non-hydrogen) atoms. The number of carbonyl (C=O) groups excluding carboxylic acids is 2. The van der Waals surface area contributed by atoms with E-state index in [4.69, 9.17) is 4.74 Å². The van der Waals surface area contributed by atoms with Gasteiger partial charge in [0, 0.05) is 0 Å². The summed E-state index contributed by atoms with van der Waals surface area (Å²) in [6, 6.07) is 11.1. The van der Waals surface area contributed by atoms with Gasteiger partial charge in [-0.05, 0) is 34.6 Å². The Hall–Kier alpha value is -2.34. The second-order valence-corrected chi connectivity index (χ2v) is 6.99. The Balaban J connectivity index is 1.77. The first-order valence-electron chi connectivity index (χ1n) is 7.22. The first kappa shape index (κ1) is 17.0. The number of nitrogens with one attached hydrogen (secondary N) is 2. The van der Waals surface area contributed by atoms with Gasteiger partial charge in [-0.2, -0.15) is 0 Å². The molecule has 0 atom stereocenters. The minimum atomic E-state index is -0.421. The highest BCUT2D eigenvalue weighted by Crippen LogP contribution is 2.24. The Morgan fingerprint density at radius 2 is 1.78 bits per heavy atom. The third kappa shape index (κ3) is 5.10. The van der Waals surface area contributed by atoms with Crippen molar-refractivity contribution >= 4 is 23.2 Å². The summed E-state index contributed by atoms with van der Waals surface area (Å²) in [4.78, 5) is 23.9. The number of amides is 2. The number of carbonyl (C=O) groups is 2. The molecule has 0 bridgehead atoms. The molecule has 2 N–H and O–H groups in total. The Kier molecular flexibility index (Phi) is 5.39. The van der Waals surface area contributed by atoms with Crippen LogP contribution >= 0.6 is 11.3 Å².